The van der Waals surface area contributed by atoms with Gasteiger partial charge in [0.25, 0.3) is 5.91 Å². The molecule has 0 heterocycles. The average molecular weight is 284 g/mol. The fourth-order valence-corrected chi connectivity index (χ4v) is 1.92. The van der Waals surface area contributed by atoms with Crippen LogP contribution in [0.4, 0.5) is 0 Å². The number of nitrogens with one attached hydrogen (secondary N) is 1. The molecule has 2 rings (SSSR count). The van der Waals surface area contributed by atoms with E-state index in [4.69, 9.17) is 21.4 Å². The van der Waals surface area contributed by atoms with Gasteiger partial charge >= 0.3 is 5.97 Å². The van der Waals surface area contributed by atoms with Gasteiger partial charge in [0.05, 0.1) is 5.02 Å². The number of carboxylic acids is 1. The third-order valence-corrected chi connectivity index (χ3v) is 3.18. The third kappa shape index (κ3) is 3.86. The molecule has 0 saturated heterocycles. The summed E-state index contributed by atoms with van der Waals surface area (Å²) in [4.78, 5) is 22.6. The van der Waals surface area contributed by atoms with Gasteiger partial charge < -0.3 is 15.2 Å². The molecule has 6 heteroatoms. The molecular weight excluding hydrogens is 270 g/mol. The first-order valence-corrected chi connectivity index (χ1v) is 6.35. The van der Waals surface area contributed by atoms with Crippen molar-refractivity contribution < 1.29 is 19.4 Å². The highest BCUT2D eigenvalue weighted by Gasteiger charge is 2.37. The number of rotatable bonds is 6. The van der Waals surface area contributed by atoms with E-state index in [1.165, 1.54) is 0 Å². The Labute approximate surface area is 115 Å². The van der Waals surface area contributed by atoms with Gasteiger partial charge in [-0.3, -0.25) is 4.79 Å². The maximum atomic E-state index is 11.6. The summed E-state index contributed by atoms with van der Waals surface area (Å²) in [5, 5.41) is 11.9. The Morgan fingerprint density at radius 2 is 2.11 bits per heavy atom. The Morgan fingerprint density at radius 1 is 1.42 bits per heavy atom. The van der Waals surface area contributed by atoms with Gasteiger partial charge in [0.15, 0.2) is 6.61 Å². The summed E-state index contributed by atoms with van der Waals surface area (Å²) in [6, 6.07) is 5.97. The molecule has 102 valence electrons. The molecule has 1 aromatic carbocycles. The molecule has 1 aliphatic rings. The van der Waals surface area contributed by atoms with Crippen LogP contribution in [0.25, 0.3) is 0 Å². The van der Waals surface area contributed by atoms with E-state index in [1.54, 1.807) is 24.3 Å². The highest BCUT2D eigenvalue weighted by Crippen LogP contribution is 2.32. The Kier molecular flexibility index (Phi) is 4.27. The summed E-state index contributed by atoms with van der Waals surface area (Å²) in [5.74, 6) is -1.02. The van der Waals surface area contributed by atoms with Crippen LogP contribution < -0.4 is 10.1 Å². The van der Waals surface area contributed by atoms with Gasteiger partial charge in [-0.1, -0.05) is 23.7 Å². The van der Waals surface area contributed by atoms with Crippen LogP contribution in [0.5, 0.6) is 5.75 Å². The van der Waals surface area contributed by atoms with Gasteiger partial charge in [-0.05, 0) is 30.9 Å². The quantitative estimate of drug-likeness (QED) is 0.833. The minimum Gasteiger partial charge on any atom is -0.482 e. The number of carbonyl (C=O) groups excluding carboxylic acids is 1. The second-order valence-corrected chi connectivity index (χ2v) is 4.85. The highest BCUT2D eigenvalue weighted by molar-refractivity contribution is 6.32. The zero-order valence-corrected chi connectivity index (χ0v) is 10.9. The van der Waals surface area contributed by atoms with Crippen LogP contribution >= 0.6 is 11.6 Å². The molecule has 1 fully saturated rings. The standard InChI is InChI=1S/C13H14ClNO4/c14-9-3-1-2-4-10(9)19-7-11(16)15-12(13(17)18)8-5-6-8/h1-4,8,12H,5-7H2,(H,15,16)(H,17,18)/t12-/m0/s1. The Balaban J connectivity index is 1.84. The van der Waals surface area contributed by atoms with Crippen molar-refractivity contribution in [3.8, 4) is 5.75 Å². The molecule has 0 spiro atoms. The molecule has 1 aliphatic carbocycles. The number of benzene rings is 1. The predicted molar refractivity (Wildman–Crippen MR) is 69.2 cm³/mol. The third-order valence-electron chi connectivity index (χ3n) is 2.87. The summed E-state index contributed by atoms with van der Waals surface area (Å²) in [7, 11) is 0. The molecule has 1 saturated carbocycles. The zero-order valence-electron chi connectivity index (χ0n) is 10.1. The normalized spacial score (nSPS) is 15.6. The number of carboxylic acid groups (broad SMARTS) is 1. The van der Waals surface area contributed by atoms with Crippen LogP contribution in [0.1, 0.15) is 12.8 Å². The molecule has 0 aromatic heterocycles. The number of amides is 1. The summed E-state index contributed by atoms with van der Waals surface area (Å²) >= 11 is 5.87. The fraction of sp³-hybridized carbons (Fsp3) is 0.385. The summed E-state index contributed by atoms with van der Waals surface area (Å²) < 4.78 is 5.24. The number of ether oxygens (including phenoxy) is 1. The number of hydrogen-bond acceptors (Lipinski definition) is 3. The average Bonchev–Trinajstić information content (AvgIpc) is 3.19. The number of hydrogen-bond donors (Lipinski definition) is 2. The van der Waals surface area contributed by atoms with Crippen LogP contribution in [-0.2, 0) is 9.59 Å². The van der Waals surface area contributed by atoms with Crippen molar-refractivity contribution in [3.05, 3.63) is 29.3 Å². The molecule has 1 atom stereocenters. The molecule has 2 N–H and O–H groups in total. The van der Waals surface area contributed by atoms with Crippen molar-refractivity contribution in [1.82, 2.24) is 5.32 Å². The van der Waals surface area contributed by atoms with Crippen molar-refractivity contribution in [1.29, 1.82) is 0 Å². The van der Waals surface area contributed by atoms with Crippen molar-refractivity contribution in [3.63, 3.8) is 0 Å². The van der Waals surface area contributed by atoms with Crippen LogP contribution in [0.15, 0.2) is 24.3 Å². The van der Waals surface area contributed by atoms with E-state index in [2.05, 4.69) is 5.32 Å². The Bertz CT molecular complexity index is 487. The maximum absolute atomic E-state index is 11.6. The molecule has 0 unspecified atom stereocenters. The minimum absolute atomic E-state index is 0.0433. The highest BCUT2D eigenvalue weighted by atomic mass is 35.5. The van der Waals surface area contributed by atoms with Crippen LogP contribution in [-0.4, -0.2) is 29.6 Å². The van der Waals surface area contributed by atoms with Crippen molar-refractivity contribution in [2.24, 2.45) is 5.92 Å². The summed E-state index contributed by atoms with van der Waals surface area (Å²) in [6.07, 6.45) is 1.67. The molecule has 0 aliphatic heterocycles. The lowest BCUT2D eigenvalue weighted by atomic mass is 10.2. The Hall–Kier alpha value is -1.75. The van der Waals surface area contributed by atoms with E-state index >= 15 is 0 Å². The molecule has 1 amide bonds. The summed E-state index contributed by atoms with van der Waals surface area (Å²) in [6.45, 7) is -0.250. The topological polar surface area (TPSA) is 75.6 Å². The number of halogens is 1. The Morgan fingerprint density at radius 3 is 2.68 bits per heavy atom. The van der Waals surface area contributed by atoms with Gasteiger partial charge in [0.2, 0.25) is 0 Å². The summed E-state index contributed by atoms with van der Waals surface area (Å²) in [5.41, 5.74) is 0. The monoisotopic (exact) mass is 283 g/mol. The second-order valence-electron chi connectivity index (χ2n) is 4.44. The van der Waals surface area contributed by atoms with Gasteiger partial charge in [-0.15, -0.1) is 0 Å². The van der Waals surface area contributed by atoms with Crippen molar-refractivity contribution in [2.75, 3.05) is 6.61 Å². The number of para-hydroxylation sites is 1. The van der Waals surface area contributed by atoms with E-state index < -0.39 is 17.9 Å². The van der Waals surface area contributed by atoms with E-state index in [0.29, 0.717) is 10.8 Å². The van der Waals surface area contributed by atoms with E-state index in [1.807, 2.05) is 0 Å². The van der Waals surface area contributed by atoms with Gasteiger partial charge in [-0.2, -0.15) is 0 Å². The first-order valence-electron chi connectivity index (χ1n) is 5.97. The molecule has 19 heavy (non-hydrogen) atoms. The van der Waals surface area contributed by atoms with Crippen molar-refractivity contribution >= 4 is 23.5 Å². The second kappa shape index (κ2) is 5.93. The molecule has 1 aromatic rings. The number of carbonyl (C=O) groups is 2. The zero-order chi connectivity index (χ0) is 13.8. The minimum atomic E-state index is -1.01. The lowest BCUT2D eigenvalue weighted by Gasteiger charge is -2.14. The fourth-order valence-electron chi connectivity index (χ4n) is 1.73. The first-order chi connectivity index (χ1) is 9.08. The van der Waals surface area contributed by atoms with Gasteiger partial charge in [0, 0.05) is 0 Å². The van der Waals surface area contributed by atoms with Gasteiger partial charge in [-0.25, -0.2) is 4.79 Å². The predicted octanol–water partition coefficient (Wildman–Crippen LogP) is 1.70. The lowest BCUT2D eigenvalue weighted by molar-refractivity contribution is -0.142. The van der Waals surface area contributed by atoms with E-state index in [0.717, 1.165) is 12.8 Å². The number of aliphatic carboxylic acids is 1. The molecule has 0 radical (unpaired) electrons. The molecule has 5 nitrogen and oxygen atoms in total. The SMILES string of the molecule is O=C(COc1ccccc1Cl)N[C@H](C(=O)O)C1CC1. The first kappa shape index (κ1) is 13.7. The largest absolute Gasteiger partial charge is 0.482 e. The van der Waals surface area contributed by atoms with Crippen LogP contribution in [0, 0.1) is 5.92 Å². The lowest BCUT2D eigenvalue weighted by Crippen LogP contribution is -2.44. The van der Waals surface area contributed by atoms with E-state index in [-0.39, 0.29) is 12.5 Å². The maximum Gasteiger partial charge on any atom is 0.326 e. The van der Waals surface area contributed by atoms with Crippen LogP contribution in [0.3, 0.4) is 0 Å². The molecule has 0 bridgehead atoms. The van der Waals surface area contributed by atoms with Crippen molar-refractivity contribution in [2.45, 2.75) is 18.9 Å². The van der Waals surface area contributed by atoms with E-state index in [9.17, 15) is 9.59 Å². The smallest absolute Gasteiger partial charge is 0.326 e. The van der Waals surface area contributed by atoms with Crippen LogP contribution in [0.2, 0.25) is 5.02 Å². The molecular formula is C13H14ClNO4. The van der Waals surface area contributed by atoms with Gasteiger partial charge in [0.1, 0.15) is 11.8 Å².